The van der Waals surface area contributed by atoms with Gasteiger partial charge in [-0.15, -0.1) is 10.2 Å². The van der Waals surface area contributed by atoms with E-state index >= 15 is 0 Å². The summed E-state index contributed by atoms with van der Waals surface area (Å²) in [5.74, 6) is 2.11. The maximum Gasteiger partial charge on any atom is 0.162 e. The first-order chi connectivity index (χ1) is 9.90. The quantitative estimate of drug-likeness (QED) is 0.871. The first-order valence-corrected chi connectivity index (χ1v) is 7.44. The van der Waals surface area contributed by atoms with Crippen LogP contribution in [0.2, 0.25) is 0 Å². The summed E-state index contributed by atoms with van der Waals surface area (Å²) in [4.78, 5) is 0. The fourth-order valence-electron chi connectivity index (χ4n) is 3.15. The summed E-state index contributed by atoms with van der Waals surface area (Å²) >= 11 is 0. The molecule has 1 aromatic heterocycles. The summed E-state index contributed by atoms with van der Waals surface area (Å²) in [5, 5.41) is 12.1. The standard InChI is InChI=1S/C16H19FN4/c1-8-7-11(17)12-13(9(8)2)21-14(10-5-6-10)19-20-15(21)16(3,4)18-12/h7,10,18H,5-6H2,1-4H3. The third-order valence-corrected chi connectivity index (χ3v) is 4.62. The van der Waals surface area contributed by atoms with Crippen LogP contribution in [0.15, 0.2) is 6.07 Å². The molecule has 2 aromatic rings. The molecule has 0 amide bonds. The number of hydrogen-bond acceptors (Lipinski definition) is 3. The van der Waals surface area contributed by atoms with Gasteiger partial charge in [0.05, 0.1) is 16.9 Å². The lowest BCUT2D eigenvalue weighted by molar-refractivity contribution is 0.520. The summed E-state index contributed by atoms with van der Waals surface area (Å²) in [7, 11) is 0. The van der Waals surface area contributed by atoms with Crippen molar-refractivity contribution in [3.8, 4) is 5.69 Å². The van der Waals surface area contributed by atoms with Crippen molar-refractivity contribution in [1.29, 1.82) is 0 Å². The van der Waals surface area contributed by atoms with E-state index in [4.69, 9.17) is 0 Å². The molecule has 0 atom stereocenters. The number of halogens is 1. The van der Waals surface area contributed by atoms with E-state index in [1.165, 1.54) is 0 Å². The molecule has 4 rings (SSSR count). The van der Waals surface area contributed by atoms with E-state index in [1.807, 2.05) is 27.7 Å². The lowest BCUT2D eigenvalue weighted by atomic mass is 9.96. The molecule has 0 unspecified atom stereocenters. The zero-order valence-electron chi connectivity index (χ0n) is 12.8. The number of rotatable bonds is 1. The molecule has 1 fully saturated rings. The molecule has 0 saturated heterocycles. The first-order valence-electron chi connectivity index (χ1n) is 7.44. The van der Waals surface area contributed by atoms with Crippen LogP contribution in [0.1, 0.15) is 55.4 Å². The molecule has 0 spiro atoms. The van der Waals surface area contributed by atoms with Crippen molar-refractivity contribution in [2.24, 2.45) is 0 Å². The molecular formula is C16H19FN4. The summed E-state index contributed by atoms with van der Waals surface area (Å²) in [6.45, 7) is 8.01. The van der Waals surface area contributed by atoms with Crippen LogP contribution in [0.25, 0.3) is 5.69 Å². The van der Waals surface area contributed by atoms with E-state index in [1.54, 1.807) is 6.07 Å². The number of benzene rings is 1. The molecule has 2 heterocycles. The monoisotopic (exact) mass is 286 g/mol. The van der Waals surface area contributed by atoms with Crippen molar-refractivity contribution in [2.45, 2.75) is 52.0 Å². The van der Waals surface area contributed by atoms with Gasteiger partial charge in [-0.05, 0) is 57.7 Å². The second-order valence-electron chi connectivity index (χ2n) is 6.77. The molecule has 0 radical (unpaired) electrons. The van der Waals surface area contributed by atoms with Crippen LogP contribution in [0, 0.1) is 19.7 Å². The SMILES string of the molecule is Cc1cc(F)c2c(c1C)-n1c(C3CC3)nnc1C(C)(C)N2. The van der Waals surface area contributed by atoms with Gasteiger partial charge in [-0.25, -0.2) is 4.39 Å². The van der Waals surface area contributed by atoms with E-state index in [9.17, 15) is 4.39 Å². The maximum absolute atomic E-state index is 14.5. The minimum Gasteiger partial charge on any atom is -0.369 e. The molecule has 5 heteroatoms. The predicted molar refractivity (Wildman–Crippen MR) is 79.4 cm³/mol. The highest BCUT2D eigenvalue weighted by Gasteiger charge is 2.40. The second-order valence-corrected chi connectivity index (χ2v) is 6.77. The van der Waals surface area contributed by atoms with Gasteiger partial charge in [0.1, 0.15) is 11.6 Å². The topological polar surface area (TPSA) is 42.7 Å². The molecule has 1 N–H and O–H groups in total. The highest BCUT2D eigenvalue weighted by Crippen LogP contribution is 2.46. The Labute approximate surface area is 123 Å². The first kappa shape index (κ1) is 12.8. The van der Waals surface area contributed by atoms with Crippen molar-refractivity contribution in [1.82, 2.24) is 14.8 Å². The van der Waals surface area contributed by atoms with Gasteiger partial charge in [-0.2, -0.15) is 0 Å². The summed E-state index contributed by atoms with van der Waals surface area (Å²) in [5.41, 5.74) is 3.05. The van der Waals surface area contributed by atoms with E-state index in [0.717, 1.165) is 41.3 Å². The Morgan fingerprint density at radius 3 is 2.67 bits per heavy atom. The molecular weight excluding hydrogens is 267 g/mol. The zero-order chi connectivity index (χ0) is 14.9. The average molecular weight is 286 g/mol. The van der Waals surface area contributed by atoms with Gasteiger partial charge in [0.15, 0.2) is 5.82 Å². The normalized spacial score (nSPS) is 18.9. The van der Waals surface area contributed by atoms with Crippen molar-refractivity contribution in [3.05, 3.63) is 34.7 Å². The van der Waals surface area contributed by atoms with Crippen LogP contribution in [0.3, 0.4) is 0 Å². The molecule has 1 aliphatic heterocycles. The summed E-state index contributed by atoms with van der Waals surface area (Å²) in [6, 6.07) is 1.60. The Bertz CT molecular complexity index is 756. The molecule has 4 nitrogen and oxygen atoms in total. The van der Waals surface area contributed by atoms with E-state index in [-0.39, 0.29) is 5.82 Å². The van der Waals surface area contributed by atoms with Crippen molar-refractivity contribution in [2.75, 3.05) is 5.32 Å². The third-order valence-electron chi connectivity index (χ3n) is 4.62. The number of aryl methyl sites for hydroxylation is 1. The van der Waals surface area contributed by atoms with Gasteiger partial charge in [0.25, 0.3) is 0 Å². The predicted octanol–water partition coefficient (Wildman–Crippen LogP) is 3.56. The second kappa shape index (κ2) is 3.84. The van der Waals surface area contributed by atoms with Crippen molar-refractivity contribution >= 4 is 5.69 Å². The fraction of sp³-hybridized carbons (Fsp3) is 0.500. The van der Waals surface area contributed by atoms with E-state index in [0.29, 0.717) is 11.6 Å². The van der Waals surface area contributed by atoms with Crippen LogP contribution < -0.4 is 5.32 Å². The third kappa shape index (κ3) is 1.66. The zero-order valence-corrected chi connectivity index (χ0v) is 12.8. The average Bonchev–Trinajstić information content (AvgIpc) is 3.15. The summed E-state index contributed by atoms with van der Waals surface area (Å²) < 4.78 is 16.6. The van der Waals surface area contributed by atoms with Crippen LogP contribution in [-0.4, -0.2) is 14.8 Å². The van der Waals surface area contributed by atoms with Gasteiger partial charge in [0.2, 0.25) is 0 Å². The lowest BCUT2D eigenvalue weighted by Crippen LogP contribution is -2.37. The van der Waals surface area contributed by atoms with Gasteiger partial charge < -0.3 is 5.32 Å². The molecule has 0 bridgehead atoms. The number of nitrogens with zero attached hydrogens (tertiary/aromatic N) is 3. The minimum atomic E-state index is -0.435. The Kier molecular flexibility index (Phi) is 2.34. The van der Waals surface area contributed by atoms with E-state index in [2.05, 4.69) is 20.1 Å². The highest BCUT2D eigenvalue weighted by molar-refractivity contribution is 5.71. The Hall–Kier alpha value is -1.91. The number of aromatic nitrogens is 3. The van der Waals surface area contributed by atoms with Gasteiger partial charge in [-0.3, -0.25) is 4.57 Å². The fourth-order valence-corrected chi connectivity index (χ4v) is 3.15. The Morgan fingerprint density at radius 2 is 2.00 bits per heavy atom. The number of nitrogens with one attached hydrogen (secondary N) is 1. The van der Waals surface area contributed by atoms with Crippen LogP contribution in [0.5, 0.6) is 0 Å². The maximum atomic E-state index is 14.5. The van der Waals surface area contributed by atoms with Crippen molar-refractivity contribution < 1.29 is 4.39 Å². The molecule has 110 valence electrons. The van der Waals surface area contributed by atoms with E-state index < -0.39 is 5.54 Å². The van der Waals surface area contributed by atoms with Crippen LogP contribution in [0.4, 0.5) is 10.1 Å². The Morgan fingerprint density at radius 1 is 1.29 bits per heavy atom. The van der Waals surface area contributed by atoms with Crippen LogP contribution >= 0.6 is 0 Å². The number of anilines is 1. The summed E-state index contributed by atoms with van der Waals surface area (Å²) in [6.07, 6.45) is 2.29. The van der Waals surface area contributed by atoms with Gasteiger partial charge in [-0.1, -0.05) is 0 Å². The lowest BCUT2D eigenvalue weighted by Gasteiger charge is -2.35. The Balaban J connectivity index is 2.09. The molecule has 2 aliphatic rings. The smallest absolute Gasteiger partial charge is 0.162 e. The number of hydrogen-bond donors (Lipinski definition) is 1. The molecule has 1 saturated carbocycles. The molecule has 1 aliphatic carbocycles. The minimum absolute atomic E-state index is 0.206. The number of fused-ring (bicyclic) bond motifs is 3. The van der Waals surface area contributed by atoms with Gasteiger partial charge >= 0.3 is 0 Å². The largest absolute Gasteiger partial charge is 0.369 e. The molecule has 1 aromatic carbocycles. The van der Waals surface area contributed by atoms with Crippen LogP contribution in [-0.2, 0) is 5.54 Å². The van der Waals surface area contributed by atoms with Gasteiger partial charge in [0, 0.05) is 5.92 Å². The highest BCUT2D eigenvalue weighted by atomic mass is 19.1. The van der Waals surface area contributed by atoms with Crippen molar-refractivity contribution in [3.63, 3.8) is 0 Å². The molecule has 21 heavy (non-hydrogen) atoms.